The summed E-state index contributed by atoms with van der Waals surface area (Å²) in [5.74, 6) is -1.21. The third-order valence-electron chi connectivity index (χ3n) is 2.34. The van der Waals surface area contributed by atoms with Crippen LogP contribution in [0.3, 0.4) is 0 Å². The van der Waals surface area contributed by atoms with E-state index in [1.807, 2.05) is 0 Å². The Morgan fingerprint density at radius 2 is 1.94 bits per heavy atom. The number of nitrogens with two attached hydrogens (primary N) is 1. The van der Waals surface area contributed by atoms with Crippen LogP contribution in [0, 0.1) is 0 Å². The number of nitrogens with one attached hydrogen (secondary N) is 1. The number of piperazine rings is 1. The summed E-state index contributed by atoms with van der Waals surface area (Å²) in [6.45, 7) is 2.17. The van der Waals surface area contributed by atoms with Crippen molar-refractivity contribution in [3.05, 3.63) is 0 Å². The molecule has 0 spiro atoms. The number of aliphatic carboxylic acids is 1. The molecule has 1 atom stereocenters. The predicted molar refractivity (Wildman–Crippen MR) is 54.8 cm³/mol. The standard InChI is InChI=1S/C8H16N4O4/c9-6(7(13)14)5-12(8(15)16)11-3-1-10-2-4-11/h6,10H,1-5,9H2,(H,13,14)(H,15,16)/t6-/m0/s1. The molecule has 0 aromatic carbocycles. The van der Waals surface area contributed by atoms with Crippen LogP contribution in [0.4, 0.5) is 4.79 Å². The van der Waals surface area contributed by atoms with E-state index in [1.54, 1.807) is 5.01 Å². The molecule has 8 heteroatoms. The number of hydrazine groups is 1. The molecule has 0 aromatic rings. The van der Waals surface area contributed by atoms with E-state index in [0.717, 1.165) is 5.01 Å². The lowest BCUT2D eigenvalue weighted by molar-refractivity contribution is -0.140. The Bertz CT molecular complexity index is 267. The highest BCUT2D eigenvalue weighted by Crippen LogP contribution is 2.02. The minimum Gasteiger partial charge on any atom is -0.480 e. The van der Waals surface area contributed by atoms with E-state index in [0.29, 0.717) is 26.2 Å². The lowest BCUT2D eigenvalue weighted by atomic mass is 10.3. The molecule has 1 amide bonds. The quantitative estimate of drug-likeness (QED) is 0.451. The van der Waals surface area contributed by atoms with Gasteiger partial charge in [-0.1, -0.05) is 0 Å². The van der Waals surface area contributed by atoms with Crippen LogP contribution in [0.2, 0.25) is 0 Å². The molecular weight excluding hydrogens is 216 g/mol. The highest BCUT2D eigenvalue weighted by molar-refractivity contribution is 5.74. The van der Waals surface area contributed by atoms with Crippen LogP contribution in [0.1, 0.15) is 0 Å². The second kappa shape index (κ2) is 5.64. The van der Waals surface area contributed by atoms with Gasteiger partial charge in [-0.3, -0.25) is 4.79 Å². The van der Waals surface area contributed by atoms with Crippen molar-refractivity contribution in [1.29, 1.82) is 0 Å². The highest BCUT2D eigenvalue weighted by atomic mass is 16.4. The molecule has 0 radical (unpaired) electrons. The summed E-state index contributed by atoms with van der Waals surface area (Å²) in [6.07, 6.45) is -1.18. The summed E-state index contributed by atoms with van der Waals surface area (Å²) in [7, 11) is 0. The van der Waals surface area contributed by atoms with Gasteiger partial charge < -0.3 is 21.3 Å². The zero-order valence-corrected chi connectivity index (χ0v) is 8.80. The molecule has 1 rings (SSSR count). The number of carboxylic acids is 1. The SMILES string of the molecule is N[C@@H](CN(C(=O)O)N1CCNCC1)C(=O)O. The normalized spacial score (nSPS) is 19.1. The lowest BCUT2D eigenvalue weighted by Crippen LogP contribution is -2.57. The van der Waals surface area contributed by atoms with Gasteiger partial charge in [0, 0.05) is 26.2 Å². The first-order valence-corrected chi connectivity index (χ1v) is 4.97. The van der Waals surface area contributed by atoms with E-state index in [-0.39, 0.29) is 6.54 Å². The average Bonchev–Trinajstić information content (AvgIpc) is 2.26. The fraction of sp³-hybridized carbons (Fsp3) is 0.750. The number of hydrogen-bond donors (Lipinski definition) is 4. The van der Waals surface area contributed by atoms with Crippen LogP contribution in [0.25, 0.3) is 0 Å². The van der Waals surface area contributed by atoms with Gasteiger partial charge in [0.05, 0.1) is 6.54 Å². The zero-order valence-electron chi connectivity index (χ0n) is 8.80. The highest BCUT2D eigenvalue weighted by Gasteiger charge is 2.26. The fourth-order valence-corrected chi connectivity index (χ4v) is 1.47. The minimum atomic E-state index is -1.21. The van der Waals surface area contributed by atoms with Crippen molar-refractivity contribution in [3.63, 3.8) is 0 Å². The topological polar surface area (TPSA) is 119 Å². The summed E-state index contributed by atoms with van der Waals surface area (Å²) in [6, 6.07) is -1.20. The van der Waals surface area contributed by atoms with Gasteiger partial charge in [0.2, 0.25) is 0 Å². The molecule has 0 bridgehead atoms. The molecule has 1 heterocycles. The van der Waals surface area contributed by atoms with E-state index >= 15 is 0 Å². The minimum absolute atomic E-state index is 0.231. The lowest BCUT2D eigenvalue weighted by Gasteiger charge is -2.36. The Hall–Kier alpha value is -1.38. The van der Waals surface area contributed by atoms with Gasteiger partial charge in [0.15, 0.2) is 0 Å². The smallest absolute Gasteiger partial charge is 0.422 e. The summed E-state index contributed by atoms with van der Waals surface area (Å²) < 4.78 is 0. The molecule has 0 aromatic heterocycles. The summed E-state index contributed by atoms with van der Waals surface area (Å²) in [5, 5.41) is 23.2. The zero-order chi connectivity index (χ0) is 12.1. The molecule has 1 aliphatic heterocycles. The van der Waals surface area contributed by atoms with Gasteiger partial charge in [0.25, 0.3) is 0 Å². The van der Waals surface area contributed by atoms with Crippen molar-refractivity contribution in [2.24, 2.45) is 5.73 Å². The number of carbonyl (C=O) groups is 2. The number of amides is 1. The van der Waals surface area contributed by atoms with Crippen LogP contribution in [-0.4, -0.2) is 71.1 Å². The third kappa shape index (κ3) is 3.33. The van der Waals surface area contributed by atoms with Gasteiger partial charge in [0.1, 0.15) is 6.04 Å². The largest absolute Gasteiger partial charge is 0.480 e. The van der Waals surface area contributed by atoms with Crippen molar-refractivity contribution in [2.75, 3.05) is 32.7 Å². The van der Waals surface area contributed by atoms with Crippen molar-refractivity contribution in [1.82, 2.24) is 15.3 Å². The van der Waals surface area contributed by atoms with Gasteiger partial charge in [-0.2, -0.15) is 0 Å². The van der Waals surface area contributed by atoms with Gasteiger partial charge in [-0.25, -0.2) is 14.8 Å². The van der Waals surface area contributed by atoms with E-state index in [2.05, 4.69) is 5.32 Å². The first kappa shape index (κ1) is 12.7. The Labute approximate surface area is 92.6 Å². The molecule has 5 N–H and O–H groups in total. The average molecular weight is 232 g/mol. The van der Waals surface area contributed by atoms with E-state index < -0.39 is 18.1 Å². The summed E-state index contributed by atoms with van der Waals surface area (Å²) >= 11 is 0. The van der Waals surface area contributed by atoms with Crippen LogP contribution >= 0.6 is 0 Å². The van der Waals surface area contributed by atoms with Crippen LogP contribution in [0.5, 0.6) is 0 Å². The molecule has 0 saturated carbocycles. The summed E-state index contributed by atoms with van der Waals surface area (Å²) in [5.41, 5.74) is 5.32. The molecule has 16 heavy (non-hydrogen) atoms. The second-order valence-corrected chi connectivity index (χ2v) is 3.51. The number of nitrogens with zero attached hydrogens (tertiary/aromatic N) is 2. The van der Waals surface area contributed by atoms with Crippen LogP contribution < -0.4 is 11.1 Å². The molecule has 1 fully saturated rings. The van der Waals surface area contributed by atoms with E-state index in [9.17, 15) is 9.59 Å². The Morgan fingerprint density at radius 1 is 1.38 bits per heavy atom. The van der Waals surface area contributed by atoms with E-state index in [4.69, 9.17) is 15.9 Å². The molecule has 1 saturated heterocycles. The van der Waals surface area contributed by atoms with Crippen LogP contribution in [0.15, 0.2) is 0 Å². The fourth-order valence-electron chi connectivity index (χ4n) is 1.47. The number of rotatable bonds is 4. The monoisotopic (exact) mass is 232 g/mol. The first-order chi connectivity index (χ1) is 7.52. The van der Waals surface area contributed by atoms with E-state index in [1.165, 1.54) is 0 Å². The molecule has 0 aliphatic carbocycles. The van der Waals surface area contributed by atoms with Crippen molar-refractivity contribution < 1.29 is 19.8 Å². The first-order valence-electron chi connectivity index (χ1n) is 4.97. The summed E-state index contributed by atoms with van der Waals surface area (Å²) in [4.78, 5) is 21.5. The molecule has 0 unspecified atom stereocenters. The van der Waals surface area contributed by atoms with Gasteiger partial charge in [-0.15, -0.1) is 0 Å². The number of hydrogen-bond acceptors (Lipinski definition) is 5. The van der Waals surface area contributed by atoms with Crippen molar-refractivity contribution in [2.45, 2.75) is 6.04 Å². The van der Waals surface area contributed by atoms with Gasteiger partial charge in [-0.05, 0) is 0 Å². The number of carboxylic acid groups (broad SMARTS) is 2. The van der Waals surface area contributed by atoms with Crippen molar-refractivity contribution in [3.8, 4) is 0 Å². The third-order valence-corrected chi connectivity index (χ3v) is 2.34. The predicted octanol–water partition coefficient (Wildman–Crippen LogP) is -1.80. The maximum Gasteiger partial charge on any atom is 0.422 e. The Morgan fingerprint density at radius 3 is 2.38 bits per heavy atom. The van der Waals surface area contributed by atoms with Gasteiger partial charge >= 0.3 is 12.1 Å². The van der Waals surface area contributed by atoms with Crippen LogP contribution in [-0.2, 0) is 4.79 Å². The maximum atomic E-state index is 11.0. The Kier molecular flexibility index (Phi) is 4.47. The molecular formula is C8H16N4O4. The van der Waals surface area contributed by atoms with Crippen molar-refractivity contribution >= 4 is 12.1 Å². The maximum absolute atomic E-state index is 11.0. The molecule has 8 nitrogen and oxygen atoms in total. The second-order valence-electron chi connectivity index (χ2n) is 3.51. The molecule has 1 aliphatic rings. The molecule has 92 valence electrons. The Balaban J connectivity index is 2.59.